The van der Waals surface area contributed by atoms with Crippen molar-refractivity contribution < 1.29 is 9.59 Å². The van der Waals surface area contributed by atoms with E-state index in [0.29, 0.717) is 6.42 Å². The van der Waals surface area contributed by atoms with E-state index in [9.17, 15) is 9.59 Å². The molecule has 140 valence electrons. The number of carbonyl (C=O) groups is 2. The quantitative estimate of drug-likeness (QED) is 0.566. The second-order valence-electron chi connectivity index (χ2n) is 8.03. The van der Waals surface area contributed by atoms with Crippen molar-refractivity contribution in [1.29, 1.82) is 0 Å². The molecule has 0 spiro atoms. The van der Waals surface area contributed by atoms with Crippen LogP contribution in [0.3, 0.4) is 0 Å². The summed E-state index contributed by atoms with van der Waals surface area (Å²) in [6.07, 6.45) is 1.26. The minimum atomic E-state index is -0.403. The van der Waals surface area contributed by atoms with E-state index in [0.717, 1.165) is 32.2 Å². The molecule has 2 unspecified atom stereocenters. The van der Waals surface area contributed by atoms with E-state index in [1.165, 1.54) is 0 Å². The van der Waals surface area contributed by atoms with Crippen LogP contribution in [0.15, 0.2) is 45.2 Å². The van der Waals surface area contributed by atoms with Crippen LogP contribution in [-0.2, 0) is 9.59 Å². The molecule has 2 aromatic rings. The second-order valence-corrected chi connectivity index (χ2v) is 10.5. The Morgan fingerprint density at radius 3 is 2.63 bits per heavy atom. The number of fused-ring (bicyclic) bond motifs is 2. The SMILES string of the molecule is CC(=O)N1c2ccccc2N=C2CC(C)(C)CC(=O)C2C1c1ccc(Br)s1. The first-order chi connectivity index (χ1) is 12.8. The van der Waals surface area contributed by atoms with Crippen LogP contribution in [0.5, 0.6) is 0 Å². The molecule has 27 heavy (non-hydrogen) atoms. The number of para-hydroxylation sites is 2. The van der Waals surface area contributed by atoms with Crippen molar-refractivity contribution in [2.75, 3.05) is 4.90 Å². The molecule has 0 radical (unpaired) electrons. The summed E-state index contributed by atoms with van der Waals surface area (Å²) in [6, 6.07) is 11.3. The topological polar surface area (TPSA) is 49.7 Å². The lowest BCUT2D eigenvalue weighted by Gasteiger charge is -2.40. The second kappa shape index (κ2) is 6.67. The van der Waals surface area contributed by atoms with Gasteiger partial charge in [0.1, 0.15) is 5.78 Å². The van der Waals surface area contributed by atoms with Crippen LogP contribution >= 0.6 is 27.3 Å². The Hall–Kier alpha value is -1.79. The normalized spacial score (nSPS) is 23.9. The zero-order valence-electron chi connectivity index (χ0n) is 15.5. The lowest BCUT2D eigenvalue weighted by molar-refractivity contribution is -0.124. The molecule has 1 aromatic carbocycles. The number of halogens is 1. The number of ketones is 1. The third-order valence-electron chi connectivity index (χ3n) is 5.24. The van der Waals surface area contributed by atoms with Crippen LogP contribution in [0.4, 0.5) is 11.4 Å². The predicted octanol–water partition coefficient (Wildman–Crippen LogP) is 5.70. The van der Waals surface area contributed by atoms with E-state index in [1.807, 2.05) is 36.4 Å². The number of anilines is 1. The lowest BCUT2D eigenvalue weighted by Crippen LogP contribution is -2.46. The molecule has 4 nitrogen and oxygen atoms in total. The van der Waals surface area contributed by atoms with Crippen LogP contribution in [-0.4, -0.2) is 17.4 Å². The smallest absolute Gasteiger partial charge is 0.224 e. The van der Waals surface area contributed by atoms with Crippen molar-refractivity contribution in [3.63, 3.8) is 0 Å². The molecule has 1 saturated carbocycles. The molecule has 0 bridgehead atoms. The molecule has 1 aliphatic carbocycles. The largest absolute Gasteiger partial charge is 0.301 e. The minimum Gasteiger partial charge on any atom is -0.301 e. The van der Waals surface area contributed by atoms with E-state index < -0.39 is 5.92 Å². The number of hydrogen-bond donors (Lipinski definition) is 0. The highest BCUT2D eigenvalue weighted by Gasteiger charge is 2.47. The van der Waals surface area contributed by atoms with Gasteiger partial charge >= 0.3 is 0 Å². The summed E-state index contributed by atoms with van der Waals surface area (Å²) < 4.78 is 0.987. The molecule has 1 amide bonds. The maximum atomic E-state index is 13.3. The Labute approximate surface area is 171 Å². The molecule has 4 rings (SSSR count). The van der Waals surface area contributed by atoms with Crippen molar-refractivity contribution >= 4 is 56.0 Å². The first kappa shape index (κ1) is 18.6. The highest BCUT2D eigenvalue weighted by molar-refractivity contribution is 9.11. The van der Waals surface area contributed by atoms with Gasteiger partial charge in [-0.05, 0) is 52.0 Å². The summed E-state index contributed by atoms with van der Waals surface area (Å²) >= 11 is 5.10. The highest BCUT2D eigenvalue weighted by atomic mass is 79.9. The molecule has 2 heterocycles. The minimum absolute atomic E-state index is 0.0777. The van der Waals surface area contributed by atoms with Crippen molar-refractivity contribution in [3.8, 4) is 0 Å². The Morgan fingerprint density at radius 1 is 1.22 bits per heavy atom. The van der Waals surface area contributed by atoms with Gasteiger partial charge in [0.15, 0.2) is 0 Å². The molecule has 0 saturated heterocycles. The van der Waals surface area contributed by atoms with E-state index in [-0.39, 0.29) is 23.1 Å². The summed E-state index contributed by atoms with van der Waals surface area (Å²) in [7, 11) is 0. The summed E-state index contributed by atoms with van der Waals surface area (Å²) in [4.78, 5) is 33.7. The van der Waals surface area contributed by atoms with Crippen LogP contribution in [0, 0.1) is 11.3 Å². The zero-order valence-corrected chi connectivity index (χ0v) is 17.9. The van der Waals surface area contributed by atoms with Crippen molar-refractivity contribution in [1.82, 2.24) is 0 Å². The van der Waals surface area contributed by atoms with Crippen molar-refractivity contribution in [2.45, 2.75) is 39.7 Å². The van der Waals surface area contributed by atoms with Gasteiger partial charge in [0.05, 0.1) is 27.1 Å². The number of carbonyl (C=O) groups excluding carboxylic acids is 2. The summed E-state index contributed by atoms with van der Waals surface area (Å²) in [6.45, 7) is 5.79. The maximum Gasteiger partial charge on any atom is 0.224 e. The van der Waals surface area contributed by atoms with Crippen molar-refractivity contribution in [3.05, 3.63) is 45.1 Å². The average Bonchev–Trinajstić information content (AvgIpc) is 2.93. The average molecular weight is 445 g/mol. The molecule has 1 aliphatic heterocycles. The Kier molecular flexibility index (Phi) is 4.59. The number of amides is 1. The van der Waals surface area contributed by atoms with Gasteiger partial charge in [-0.15, -0.1) is 11.3 Å². The van der Waals surface area contributed by atoms with Crippen LogP contribution in [0.2, 0.25) is 0 Å². The first-order valence-electron chi connectivity index (χ1n) is 9.01. The molecule has 2 atom stereocenters. The van der Waals surface area contributed by atoms with Gasteiger partial charge in [-0.2, -0.15) is 0 Å². The predicted molar refractivity (Wildman–Crippen MR) is 113 cm³/mol. The third kappa shape index (κ3) is 3.29. The van der Waals surface area contributed by atoms with Gasteiger partial charge < -0.3 is 4.90 Å². The lowest BCUT2D eigenvalue weighted by atomic mass is 9.68. The first-order valence-corrected chi connectivity index (χ1v) is 10.6. The van der Waals surface area contributed by atoms with E-state index >= 15 is 0 Å². The summed E-state index contributed by atoms with van der Waals surface area (Å²) in [5.41, 5.74) is 2.30. The molecule has 1 aromatic heterocycles. The Morgan fingerprint density at radius 2 is 1.96 bits per heavy atom. The number of nitrogens with zero attached hydrogens (tertiary/aromatic N) is 2. The number of rotatable bonds is 1. The van der Waals surface area contributed by atoms with Gasteiger partial charge in [-0.1, -0.05) is 26.0 Å². The molecule has 2 aliphatic rings. The molecular weight excluding hydrogens is 424 g/mol. The number of benzene rings is 1. The van der Waals surface area contributed by atoms with Crippen molar-refractivity contribution in [2.24, 2.45) is 16.3 Å². The third-order valence-corrected chi connectivity index (χ3v) is 6.94. The molecule has 0 N–H and O–H groups in total. The van der Waals surface area contributed by atoms with E-state index in [2.05, 4.69) is 29.8 Å². The van der Waals surface area contributed by atoms with Gasteiger partial charge in [0.25, 0.3) is 0 Å². The van der Waals surface area contributed by atoms with E-state index in [1.54, 1.807) is 23.2 Å². The number of thiophene rings is 1. The molecule has 6 heteroatoms. The van der Waals surface area contributed by atoms with Crippen LogP contribution in [0.1, 0.15) is 44.5 Å². The van der Waals surface area contributed by atoms with Crippen LogP contribution < -0.4 is 4.90 Å². The molecular formula is C21H21BrN2O2S. The fourth-order valence-electron chi connectivity index (χ4n) is 4.26. The van der Waals surface area contributed by atoms with Gasteiger partial charge in [-0.25, -0.2) is 0 Å². The standard InChI is InChI=1S/C21H21BrN2O2S/c1-12(25)24-15-7-5-4-6-13(15)23-14-10-21(2,3)11-16(26)19(14)20(24)17-8-9-18(22)27-17/h4-9,19-20H,10-11H2,1-3H3. The van der Waals surface area contributed by atoms with Crippen LogP contribution in [0.25, 0.3) is 0 Å². The zero-order chi connectivity index (χ0) is 19.3. The van der Waals surface area contributed by atoms with Gasteiger partial charge in [0, 0.05) is 23.9 Å². The number of Topliss-reactive ketones (excluding diaryl/α,β-unsaturated/α-hetero) is 1. The Bertz CT molecular complexity index is 963. The summed E-state index contributed by atoms with van der Waals surface area (Å²) in [5, 5.41) is 0. The highest BCUT2D eigenvalue weighted by Crippen LogP contribution is 2.49. The number of hydrogen-bond acceptors (Lipinski definition) is 4. The fraction of sp³-hybridized carbons (Fsp3) is 0.381. The van der Waals surface area contributed by atoms with Gasteiger partial charge in [0.2, 0.25) is 5.91 Å². The van der Waals surface area contributed by atoms with E-state index in [4.69, 9.17) is 4.99 Å². The fourth-order valence-corrected chi connectivity index (χ4v) is 5.81. The monoisotopic (exact) mass is 444 g/mol. The maximum absolute atomic E-state index is 13.3. The number of aliphatic imine (C=N–C) groups is 1. The molecule has 1 fully saturated rings. The van der Waals surface area contributed by atoms with Gasteiger partial charge in [-0.3, -0.25) is 14.6 Å². The Balaban J connectivity index is 1.98. The summed E-state index contributed by atoms with van der Waals surface area (Å²) in [5.74, 6) is -0.315.